The lowest BCUT2D eigenvalue weighted by atomic mass is 10.0. The molecule has 100 valence electrons. The number of benzene rings is 1. The second-order valence-electron chi connectivity index (χ2n) is 3.77. The van der Waals surface area contributed by atoms with Crippen LogP contribution in [-0.4, -0.2) is 25.3 Å². The van der Waals surface area contributed by atoms with Gasteiger partial charge in [-0.25, -0.2) is 13.6 Å². The molecular weight excluding hydrogens is 246 g/mol. The van der Waals surface area contributed by atoms with Gasteiger partial charge in [-0.1, -0.05) is 6.07 Å². The number of halogens is 2. The van der Waals surface area contributed by atoms with Gasteiger partial charge < -0.3 is 14.6 Å². The third-order valence-electron chi connectivity index (χ3n) is 2.44. The Morgan fingerprint density at radius 2 is 2.00 bits per heavy atom. The predicted octanol–water partition coefficient (Wildman–Crippen LogP) is 2.01. The molecule has 6 heteroatoms. The van der Waals surface area contributed by atoms with Crippen LogP contribution in [-0.2, 0) is 15.5 Å². The number of ether oxygens (including phenoxy) is 2. The van der Waals surface area contributed by atoms with Crippen molar-refractivity contribution in [1.29, 1.82) is 0 Å². The van der Waals surface area contributed by atoms with Crippen LogP contribution in [0.25, 0.3) is 0 Å². The highest BCUT2D eigenvalue weighted by Crippen LogP contribution is 2.36. The average Bonchev–Trinajstić information content (AvgIpc) is 2.35. The normalized spacial score (nSPS) is 13.0. The molecule has 0 aromatic heterocycles. The zero-order chi connectivity index (χ0) is 13.9. The van der Waals surface area contributed by atoms with Crippen LogP contribution in [0.4, 0.5) is 8.78 Å². The van der Waals surface area contributed by atoms with Crippen LogP contribution in [0, 0.1) is 0 Å². The molecule has 0 heterocycles. The van der Waals surface area contributed by atoms with Crippen LogP contribution in [0.2, 0.25) is 0 Å². The summed E-state index contributed by atoms with van der Waals surface area (Å²) >= 11 is 0. The van der Waals surface area contributed by atoms with Crippen molar-refractivity contribution in [3.63, 3.8) is 0 Å². The van der Waals surface area contributed by atoms with Gasteiger partial charge in [-0.05, 0) is 17.7 Å². The van der Waals surface area contributed by atoms with Crippen LogP contribution in [0.5, 0.6) is 5.75 Å². The van der Waals surface area contributed by atoms with Crippen LogP contribution in [0.15, 0.2) is 18.2 Å². The van der Waals surface area contributed by atoms with Crippen molar-refractivity contribution in [1.82, 2.24) is 0 Å². The molecule has 1 aromatic carbocycles. The maximum Gasteiger partial charge on any atom is 0.339 e. The Labute approximate surface area is 103 Å². The first-order chi connectivity index (χ1) is 8.31. The van der Waals surface area contributed by atoms with Crippen molar-refractivity contribution < 1.29 is 28.2 Å². The first-order valence-corrected chi connectivity index (χ1v) is 5.13. The van der Waals surface area contributed by atoms with Gasteiger partial charge in [-0.3, -0.25) is 0 Å². The number of hydrogen-bond donors (Lipinski definition) is 1. The van der Waals surface area contributed by atoms with Gasteiger partial charge in [0.05, 0.1) is 19.8 Å². The maximum atomic E-state index is 13.4. The Kier molecular flexibility index (Phi) is 4.24. The van der Waals surface area contributed by atoms with Crippen molar-refractivity contribution in [2.24, 2.45) is 0 Å². The van der Waals surface area contributed by atoms with Crippen molar-refractivity contribution in [2.45, 2.75) is 19.0 Å². The Morgan fingerprint density at radius 1 is 1.39 bits per heavy atom. The van der Waals surface area contributed by atoms with E-state index in [2.05, 4.69) is 4.74 Å². The minimum absolute atomic E-state index is 0.0108. The topological polar surface area (TPSA) is 55.8 Å². The molecule has 18 heavy (non-hydrogen) atoms. The van der Waals surface area contributed by atoms with E-state index in [1.165, 1.54) is 19.2 Å². The van der Waals surface area contributed by atoms with E-state index in [0.29, 0.717) is 6.92 Å². The molecular formula is C12H14F2O4. The van der Waals surface area contributed by atoms with Gasteiger partial charge >= 0.3 is 5.97 Å². The lowest BCUT2D eigenvalue weighted by molar-refractivity contribution is -0.150. The molecule has 0 bridgehead atoms. The summed E-state index contributed by atoms with van der Waals surface area (Å²) in [6.45, 7) is 0.707. The Morgan fingerprint density at radius 3 is 2.44 bits per heavy atom. The number of alkyl halides is 2. The molecule has 0 saturated carbocycles. The number of rotatable bonds is 4. The van der Waals surface area contributed by atoms with Crippen molar-refractivity contribution in [3.05, 3.63) is 29.3 Å². The van der Waals surface area contributed by atoms with E-state index in [1.54, 1.807) is 0 Å². The van der Waals surface area contributed by atoms with Crippen LogP contribution in [0.3, 0.4) is 0 Å². The second kappa shape index (κ2) is 5.30. The number of esters is 1. The van der Waals surface area contributed by atoms with E-state index in [4.69, 9.17) is 4.74 Å². The molecule has 1 atom stereocenters. The molecule has 0 amide bonds. The Hall–Kier alpha value is -1.69. The van der Waals surface area contributed by atoms with E-state index in [1.807, 2.05) is 0 Å². The highest BCUT2D eigenvalue weighted by Gasteiger charge is 2.30. The Bertz CT molecular complexity index is 440. The third-order valence-corrected chi connectivity index (χ3v) is 2.44. The monoisotopic (exact) mass is 260 g/mol. The number of carbonyl (C=O) groups is 1. The minimum atomic E-state index is -3.14. The molecule has 0 spiro atoms. The summed E-state index contributed by atoms with van der Waals surface area (Å²) in [7, 11) is 2.37. The summed E-state index contributed by atoms with van der Waals surface area (Å²) in [6.07, 6.45) is -1.60. The molecule has 0 aliphatic heterocycles. The fourth-order valence-electron chi connectivity index (χ4n) is 1.49. The molecule has 1 N–H and O–H groups in total. The van der Waals surface area contributed by atoms with Gasteiger partial charge in [-0.2, -0.15) is 0 Å². The molecule has 4 nitrogen and oxygen atoms in total. The lowest BCUT2D eigenvalue weighted by Gasteiger charge is -2.17. The maximum absolute atomic E-state index is 13.4. The molecule has 0 radical (unpaired) electrons. The van der Waals surface area contributed by atoms with E-state index < -0.39 is 23.6 Å². The van der Waals surface area contributed by atoms with E-state index >= 15 is 0 Å². The number of aliphatic hydroxyl groups excluding tert-OH is 1. The van der Waals surface area contributed by atoms with E-state index in [-0.39, 0.29) is 11.3 Å². The second-order valence-corrected chi connectivity index (χ2v) is 3.77. The first kappa shape index (κ1) is 14.4. The molecule has 1 unspecified atom stereocenters. The fraction of sp³-hybridized carbons (Fsp3) is 0.417. The average molecular weight is 260 g/mol. The highest BCUT2D eigenvalue weighted by atomic mass is 19.3. The van der Waals surface area contributed by atoms with Gasteiger partial charge in [0.1, 0.15) is 5.75 Å². The van der Waals surface area contributed by atoms with Crippen molar-refractivity contribution >= 4 is 5.97 Å². The minimum Gasteiger partial charge on any atom is -0.496 e. The first-order valence-electron chi connectivity index (χ1n) is 5.13. The molecule has 1 rings (SSSR count). The third kappa shape index (κ3) is 2.95. The summed E-state index contributed by atoms with van der Waals surface area (Å²) in [6, 6.07) is 3.63. The molecule has 1 aromatic rings. The molecule has 0 aliphatic carbocycles. The number of methoxy groups -OCH3 is 2. The molecule has 0 fully saturated rings. The summed E-state index contributed by atoms with van der Waals surface area (Å²) in [5, 5.41) is 9.58. The number of aliphatic hydroxyl groups is 1. The number of carbonyl (C=O) groups excluding carboxylic acids is 1. The fourth-order valence-corrected chi connectivity index (χ4v) is 1.49. The van der Waals surface area contributed by atoms with Crippen molar-refractivity contribution in [2.75, 3.05) is 14.2 Å². The van der Waals surface area contributed by atoms with Crippen LogP contribution < -0.4 is 4.74 Å². The van der Waals surface area contributed by atoms with Gasteiger partial charge in [0, 0.05) is 6.92 Å². The standard InChI is InChI=1S/C12H14F2O4/c1-12(13,14)8-6-7(4-5-9(8)17-2)10(15)11(16)18-3/h4-6,10,15H,1-3H3. The van der Waals surface area contributed by atoms with Gasteiger partial charge in [0.15, 0.2) is 6.10 Å². The summed E-state index contributed by atoms with van der Waals surface area (Å²) in [4.78, 5) is 11.1. The molecule has 0 saturated heterocycles. The Balaban J connectivity index is 3.23. The van der Waals surface area contributed by atoms with E-state index in [9.17, 15) is 18.7 Å². The summed E-state index contributed by atoms with van der Waals surface area (Å²) in [5.74, 6) is -4.06. The molecule has 0 aliphatic rings. The van der Waals surface area contributed by atoms with Gasteiger partial charge in [0.2, 0.25) is 0 Å². The predicted molar refractivity (Wildman–Crippen MR) is 59.5 cm³/mol. The summed E-state index contributed by atoms with van der Waals surface area (Å²) < 4.78 is 35.9. The van der Waals surface area contributed by atoms with Gasteiger partial charge in [0.25, 0.3) is 5.92 Å². The highest BCUT2D eigenvalue weighted by molar-refractivity contribution is 5.76. The lowest BCUT2D eigenvalue weighted by Crippen LogP contribution is -2.16. The number of hydrogen-bond acceptors (Lipinski definition) is 4. The van der Waals surface area contributed by atoms with Crippen molar-refractivity contribution in [3.8, 4) is 5.75 Å². The van der Waals surface area contributed by atoms with Crippen LogP contribution in [0.1, 0.15) is 24.2 Å². The van der Waals surface area contributed by atoms with E-state index in [0.717, 1.165) is 13.2 Å². The van der Waals surface area contributed by atoms with Gasteiger partial charge in [-0.15, -0.1) is 0 Å². The largest absolute Gasteiger partial charge is 0.496 e. The zero-order valence-electron chi connectivity index (χ0n) is 10.2. The SMILES string of the molecule is COC(=O)C(O)c1ccc(OC)c(C(C)(F)F)c1. The smallest absolute Gasteiger partial charge is 0.339 e. The quantitative estimate of drug-likeness (QED) is 0.841. The van der Waals surface area contributed by atoms with Crippen LogP contribution >= 0.6 is 0 Å². The summed E-state index contributed by atoms with van der Waals surface area (Å²) in [5.41, 5.74) is -0.371. The zero-order valence-corrected chi connectivity index (χ0v) is 10.2.